The number of para-hydroxylation sites is 2. The van der Waals surface area contributed by atoms with Crippen molar-refractivity contribution in [1.82, 2.24) is 4.98 Å². The molecule has 0 saturated heterocycles. The van der Waals surface area contributed by atoms with E-state index < -0.39 is 0 Å². The maximum absolute atomic E-state index is 5.00. The summed E-state index contributed by atoms with van der Waals surface area (Å²) < 4.78 is 0. The molecule has 0 bridgehead atoms. The number of aryl methyl sites for hydroxylation is 2. The molecule has 2 aromatic carbocycles. The van der Waals surface area contributed by atoms with Gasteiger partial charge in [-0.3, -0.25) is 9.98 Å². The van der Waals surface area contributed by atoms with E-state index in [1.54, 1.807) is 0 Å². The van der Waals surface area contributed by atoms with Crippen molar-refractivity contribution in [2.24, 2.45) is 9.98 Å². The van der Waals surface area contributed by atoms with Crippen LogP contribution >= 0.6 is 0 Å². The molecule has 166 valence electrons. The van der Waals surface area contributed by atoms with Crippen molar-refractivity contribution in [2.45, 2.75) is 67.2 Å². The molecule has 0 radical (unpaired) electrons. The Morgan fingerprint density at radius 3 is 1.38 bits per heavy atom. The molecule has 3 heteroatoms. The van der Waals surface area contributed by atoms with Gasteiger partial charge in [0.2, 0.25) is 0 Å². The normalized spacial score (nSPS) is 12.7. The molecule has 32 heavy (non-hydrogen) atoms. The summed E-state index contributed by atoms with van der Waals surface area (Å²) in [5, 5.41) is 0. The lowest BCUT2D eigenvalue weighted by molar-refractivity contribution is 0.865. The van der Waals surface area contributed by atoms with Crippen LogP contribution < -0.4 is 0 Å². The number of benzene rings is 2. The van der Waals surface area contributed by atoms with Crippen LogP contribution in [-0.2, 0) is 0 Å². The highest BCUT2D eigenvalue weighted by Gasteiger charge is 2.12. The fourth-order valence-electron chi connectivity index (χ4n) is 3.89. The summed E-state index contributed by atoms with van der Waals surface area (Å²) in [6.07, 6.45) is 0. The van der Waals surface area contributed by atoms with E-state index in [1.807, 2.05) is 32.0 Å². The van der Waals surface area contributed by atoms with Crippen LogP contribution in [0.25, 0.3) is 0 Å². The number of hydrogen-bond donors (Lipinski definition) is 0. The van der Waals surface area contributed by atoms with Crippen molar-refractivity contribution in [1.29, 1.82) is 0 Å². The van der Waals surface area contributed by atoms with Crippen molar-refractivity contribution in [3.8, 4) is 0 Å². The Morgan fingerprint density at radius 1 is 0.625 bits per heavy atom. The zero-order valence-corrected chi connectivity index (χ0v) is 20.7. The molecular formula is C29H35N3. The summed E-state index contributed by atoms with van der Waals surface area (Å²) in [6.45, 7) is 17.1. The van der Waals surface area contributed by atoms with Crippen molar-refractivity contribution >= 4 is 22.8 Å². The molecule has 0 aliphatic heterocycles. The fourth-order valence-corrected chi connectivity index (χ4v) is 3.89. The second-order valence-electron chi connectivity index (χ2n) is 9.14. The lowest BCUT2D eigenvalue weighted by Crippen LogP contribution is -2.06. The Bertz CT molecular complexity index is 1080. The number of rotatable bonds is 6. The Labute approximate surface area is 193 Å². The summed E-state index contributed by atoms with van der Waals surface area (Å²) in [4.78, 5) is 14.9. The third-order valence-electron chi connectivity index (χ3n) is 5.83. The molecule has 0 amide bonds. The number of nitrogens with zero attached hydrogens (tertiary/aromatic N) is 3. The van der Waals surface area contributed by atoms with Crippen LogP contribution in [0.5, 0.6) is 0 Å². The van der Waals surface area contributed by atoms with Gasteiger partial charge in [0.1, 0.15) is 0 Å². The summed E-state index contributed by atoms with van der Waals surface area (Å²) >= 11 is 0. The van der Waals surface area contributed by atoms with Gasteiger partial charge < -0.3 is 0 Å². The quantitative estimate of drug-likeness (QED) is 0.366. The van der Waals surface area contributed by atoms with Crippen molar-refractivity contribution in [3.05, 3.63) is 88.2 Å². The average molecular weight is 426 g/mol. The van der Waals surface area contributed by atoms with Crippen LogP contribution in [-0.4, -0.2) is 16.4 Å². The highest BCUT2D eigenvalue weighted by molar-refractivity contribution is 6.02. The zero-order valence-electron chi connectivity index (χ0n) is 20.7. The van der Waals surface area contributed by atoms with Crippen molar-refractivity contribution in [2.75, 3.05) is 0 Å². The van der Waals surface area contributed by atoms with Gasteiger partial charge in [-0.05, 0) is 73.9 Å². The number of hydrogen-bond acceptors (Lipinski definition) is 3. The Balaban J connectivity index is 2.02. The molecule has 0 atom stereocenters. The molecule has 0 N–H and O–H groups in total. The topological polar surface area (TPSA) is 37.6 Å². The lowest BCUT2D eigenvalue weighted by Gasteiger charge is -2.14. The van der Waals surface area contributed by atoms with Gasteiger partial charge in [0, 0.05) is 0 Å². The molecule has 0 aliphatic carbocycles. The van der Waals surface area contributed by atoms with Crippen LogP contribution in [0.4, 0.5) is 11.4 Å². The fraction of sp³-hybridized carbons (Fsp3) is 0.345. The Hall–Kier alpha value is -3.07. The molecule has 3 aromatic rings. The van der Waals surface area contributed by atoms with E-state index in [4.69, 9.17) is 15.0 Å². The third kappa shape index (κ3) is 5.21. The SMILES string of the molecule is CC(=Nc1c(C)cccc1C(C)C)c1cccc(C(C)=Nc2c(C)cccc2C(C)C)n1. The standard InChI is InChI=1S/C29H35N3/c1-18(2)24-14-9-12-20(5)28(24)30-22(7)26-16-11-17-27(32-26)23(8)31-29-21(6)13-10-15-25(29)19(3)4/h9-19H,1-8H3. The molecule has 0 aliphatic rings. The number of aromatic nitrogens is 1. The first-order valence-electron chi connectivity index (χ1n) is 11.5. The minimum atomic E-state index is 0.416. The molecule has 1 heterocycles. The van der Waals surface area contributed by atoms with Gasteiger partial charge in [0.15, 0.2) is 0 Å². The van der Waals surface area contributed by atoms with Gasteiger partial charge in [0.05, 0.1) is 34.2 Å². The van der Waals surface area contributed by atoms with Crippen molar-refractivity contribution < 1.29 is 0 Å². The molecule has 3 nitrogen and oxygen atoms in total. The molecule has 0 fully saturated rings. The predicted molar refractivity (Wildman–Crippen MR) is 139 cm³/mol. The minimum Gasteiger partial charge on any atom is -0.251 e. The second-order valence-corrected chi connectivity index (χ2v) is 9.14. The second kappa shape index (κ2) is 10.0. The highest BCUT2D eigenvalue weighted by atomic mass is 14.8. The van der Waals surface area contributed by atoms with E-state index >= 15 is 0 Å². The molecule has 0 saturated carbocycles. The monoisotopic (exact) mass is 425 g/mol. The van der Waals surface area contributed by atoms with Gasteiger partial charge >= 0.3 is 0 Å². The average Bonchev–Trinajstić information content (AvgIpc) is 2.76. The number of aliphatic imine (C=N–C) groups is 2. The van der Waals surface area contributed by atoms with Crippen molar-refractivity contribution in [3.63, 3.8) is 0 Å². The van der Waals surface area contributed by atoms with E-state index in [9.17, 15) is 0 Å². The van der Waals surface area contributed by atoms with Crippen LogP contribution in [0, 0.1) is 13.8 Å². The van der Waals surface area contributed by atoms with Gasteiger partial charge in [-0.25, -0.2) is 4.98 Å². The molecule has 1 aromatic heterocycles. The lowest BCUT2D eigenvalue weighted by atomic mass is 9.98. The zero-order chi connectivity index (χ0) is 23.4. The summed E-state index contributed by atoms with van der Waals surface area (Å²) in [5.41, 5.74) is 10.6. The first-order chi connectivity index (χ1) is 15.2. The Morgan fingerprint density at radius 2 is 1.00 bits per heavy atom. The minimum absolute atomic E-state index is 0.416. The Kier molecular flexibility index (Phi) is 7.40. The third-order valence-corrected chi connectivity index (χ3v) is 5.83. The molecule has 3 rings (SSSR count). The van der Waals surface area contributed by atoms with Gasteiger partial charge in [-0.1, -0.05) is 70.2 Å². The molecular weight excluding hydrogens is 390 g/mol. The first-order valence-corrected chi connectivity index (χ1v) is 11.5. The van der Waals surface area contributed by atoms with Crippen LogP contribution in [0.2, 0.25) is 0 Å². The van der Waals surface area contributed by atoms with E-state index in [0.717, 1.165) is 34.2 Å². The van der Waals surface area contributed by atoms with Crippen LogP contribution in [0.1, 0.15) is 87.0 Å². The van der Waals surface area contributed by atoms with Gasteiger partial charge in [-0.2, -0.15) is 0 Å². The summed E-state index contributed by atoms with van der Waals surface area (Å²) in [7, 11) is 0. The maximum Gasteiger partial charge on any atom is 0.0849 e. The van der Waals surface area contributed by atoms with E-state index in [1.165, 1.54) is 22.3 Å². The van der Waals surface area contributed by atoms with Gasteiger partial charge in [0.25, 0.3) is 0 Å². The smallest absolute Gasteiger partial charge is 0.0849 e. The first kappa shape index (κ1) is 23.6. The predicted octanol–water partition coefficient (Wildman–Crippen LogP) is 8.23. The van der Waals surface area contributed by atoms with E-state index in [2.05, 4.69) is 77.9 Å². The van der Waals surface area contributed by atoms with E-state index in [-0.39, 0.29) is 0 Å². The van der Waals surface area contributed by atoms with E-state index in [0.29, 0.717) is 11.8 Å². The number of pyridine rings is 1. The van der Waals surface area contributed by atoms with Gasteiger partial charge in [-0.15, -0.1) is 0 Å². The molecule has 0 spiro atoms. The highest BCUT2D eigenvalue weighted by Crippen LogP contribution is 2.32. The summed E-state index contributed by atoms with van der Waals surface area (Å²) in [5.74, 6) is 0.832. The van der Waals surface area contributed by atoms with Crippen LogP contribution in [0.15, 0.2) is 64.6 Å². The molecule has 0 unspecified atom stereocenters. The largest absolute Gasteiger partial charge is 0.251 e. The maximum atomic E-state index is 5.00. The summed E-state index contributed by atoms with van der Waals surface area (Å²) in [6, 6.07) is 18.9. The van der Waals surface area contributed by atoms with Crippen LogP contribution in [0.3, 0.4) is 0 Å².